The maximum Gasteiger partial charge on any atom is 0.247 e. The SMILES string of the molecule is CCNS(=O)(=O)c1ccc(CCC(=O)N(Cc2ccc(F)cc2)[C@@H](C(=O)NC)c2ccccc2)cc1. The number of benzene rings is 3. The Kier molecular flexibility index (Phi) is 9.32. The average molecular weight is 512 g/mol. The lowest BCUT2D eigenvalue weighted by atomic mass is 10.0. The van der Waals surface area contributed by atoms with Crippen molar-refractivity contribution in [2.45, 2.75) is 37.2 Å². The highest BCUT2D eigenvalue weighted by Crippen LogP contribution is 2.25. The molecule has 2 N–H and O–H groups in total. The molecule has 0 aliphatic heterocycles. The van der Waals surface area contributed by atoms with Crippen LogP contribution in [0, 0.1) is 5.82 Å². The van der Waals surface area contributed by atoms with E-state index in [2.05, 4.69) is 10.0 Å². The number of carbonyl (C=O) groups excluding carboxylic acids is 2. The van der Waals surface area contributed by atoms with E-state index in [4.69, 9.17) is 0 Å². The Balaban J connectivity index is 1.85. The Labute approximate surface area is 211 Å². The molecule has 0 fully saturated rings. The zero-order valence-corrected chi connectivity index (χ0v) is 21.1. The normalized spacial score (nSPS) is 12.1. The van der Waals surface area contributed by atoms with Crippen LogP contribution >= 0.6 is 0 Å². The molecule has 2 amide bonds. The number of rotatable bonds is 11. The number of carbonyl (C=O) groups is 2. The number of hydrogen-bond acceptors (Lipinski definition) is 4. The molecule has 0 aliphatic rings. The zero-order valence-electron chi connectivity index (χ0n) is 20.3. The lowest BCUT2D eigenvalue weighted by Crippen LogP contribution is -2.42. The van der Waals surface area contributed by atoms with Crippen molar-refractivity contribution in [2.75, 3.05) is 13.6 Å². The molecule has 0 radical (unpaired) electrons. The Morgan fingerprint density at radius 1 is 0.917 bits per heavy atom. The average Bonchev–Trinajstić information content (AvgIpc) is 2.88. The van der Waals surface area contributed by atoms with Crippen molar-refractivity contribution in [3.63, 3.8) is 0 Å². The third kappa shape index (κ3) is 6.99. The van der Waals surface area contributed by atoms with Gasteiger partial charge < -0.3 is 10.2 Å². The molecular weight excluding hydrogens is 481 g/mol. The van der Waals surface area contributed by atoms with Crippen molar-refractivity contribution in [3.05, 3.63) is 101 Å². The minimum absolute atomic E-state index is 0.0980. The second kappa shape index (κ2) is 12.4. The third-order valence-corrected chi connectivity index (χ3v) is 7.27. The van der Waals surface area contributed by atoms with E-state index in [0.29, 0.717) is 17.5 Å². The molecule has 190 valence electrons. The molecule has 3 aromatic carbocycles. The highest BCUT2D eigenvalue weighted by molar-refractivity contribution is 7.89. The minimum atomic E-state index is -3.56. The topological polar surface area (TPSA) is 95.6 Å². The summed E-state index contributed by atoms with van der Waals surface area (Å²) in [6.07, 6.45) is 0.455. The van der Waals surface area contributed by atoms with Gasteiger partial charge in [0.2, 0.25) is 21.8 Å². The van der Waals surface area contributed by atoms with E-state index in [0.717, 1.165) is 5.56 Å². The Bertz CT molecular complexity index is 1260. The number of nitrogens with one attached hydrogen (secondary N) is 2. The number of hydrogen-bond donors (Lipinski definition) is 2. The number of halogens is 1. The summed E-state index contributed by atoms with van der Waals surface area (Å²) >= 11 is 0. The van der Waals surface area contributed by atoms with Crippen LogP contribution in [0.15, 0.2) is 83.8 Å². The fourth-order valence-electron chi connectivity index (χ4n) is 3.86. The smallest absolute Gasteiger partial charge is 0.247 e. The summed E-state index contributed by atoms with van der Waals surface area (Å²) in [6.45, 7) is 2.11. The number of sulfonamides is 1. The maximum atomic E-state index is 13.5. The molecule has 9 heteroatoms. The van der Waals surface area contributed by atoms with Gasteiger partial charge in [-0.15, -0.1) is 0 Å². The highest BCUT2D eigenvalue weighted by atomic mass is 32.2. The van der Waals surface area contributed by atoms with Gasteiger partial charge >= 0.3 is 0 Å². The Hall–Kier alpha value is -3.56. The van der Waals surface area contributed by atoms with Crippen LogP contribution in [-0.2, 0) is 32.6 Å². The number of amides is 2. The van der Waals surface area contributed by atoms with Gasteiger partial charge in [0, 0.05) is 26.6 Å². The summed E-state index contributed by atoms with van der Waals surface area (Å²) < 4.78 is 40.2. The van der Waals surface area contributed by atoms with Crippen molar-refractivity contribution in [1.29, 1.82) is 0 Å². The van der Waals surface area contributed by atoms with Crippen LogP contribution in [0.3, 0.4) is 0 Å². The van der Waals surface area contributed by atoms with E-state index in [1.54, 1.807) is 55.5 Å². The van der Waals surface area contributed by atoms with Crippen LogP contribution in [0.1, 0.15) is 36.1 Å². The van der Waals surface area contributed by atoms with Gasteiger partial charge in [-0.1, -0.05) is 61.5 Å². The first-order valence-corrected chi connectivity index (χ1v) is 13.1. The molecule has 0 spiro atoms. The van der Waals surface area contributed by atoms with E-state index in [9.17, 15) is 22.4 Å². The minimum Gasteiger partial charge on any atom is -0.357 e. The molecule has 1 atom stereocenters. The van der Waals surface area contributed by atoms with E-state index in [1.807, 2.05) is 6.07 Å². The molecular formula is C27H30FN3O4S. The van der Waals surface area contributed by atoms with Gasteiger partial charge in [-0.2, -0.15) is 0 Å². The predicted octanol–water partition coefficient (Wildman–Crippen LogP) is 3.57. The zero-order chi connectivity index (χ0) is 26.1. The fraction of sp³-hybridized carbons (Fsp3) is 0.259. The standard InChI is InChI=1S/C27H30FN3O4S/c1-3-30-36(34,35)24-16-11-20(12-17-24)13-18-25(32)31(19-21-9-14-23(28)15-10-21)26(27(33)29-2)22-7-5-4-6-8-22/h4-12,14-17,26,30H,3,13,18-19H2,1-2H3,(H,29,33)/t26-/m1/s1. The van der Waals surface area contributed by atoms with Gasteiger partial charge in [0.25, 0.3) is 0 Å². The van der Waals surface area contributed by atoms with E-state index in [1.165, 1.54) is 36.2 Å². The van der Waals surface area contributed by atoms with Gasteiger partial charge in [0.1, 0.15) is 11.9 Å². The van der Waals surface area contributed by atoms with Crippen molar-refractivity contribution in [3.8, 4) is 0 Å². The molecule has 0 unspecified atom stereocenters. The van der Waals surface area contributed by atoms with Crippen LogP contribution in [0.5, 0.6) is 0 Å². The van der Waals surface area contributed by atoms with Gasteiger partial charge in [0.05, 0.1) is 4.90 Å². The summed E-state index contributed by atoms with van der Waals surface area (Å²) in [4.78, 5) is 28.1. The molecule has 0 heterocycles. The molecule has 36 heavy (non-hydrogen) atoms. The van der Waals surface area contributed by atoms with Gasteiger partial charge in [-0.3, -0.25) is 9.59 Å². The van der Waals surface area contributed by atoms with Crippen molar-refractivity contribution in [1.82, 2.24) is 14.9 Å². The van der Waals surface area contributed by atoms with Crippen molar-refractivity contribution in [2.24, 2.45) is 0 Å². The summed E-state index contributed by atoms with van der Waals surface area (Å²) in [5.74, 6) is -0.988. The molecule has 0 saturated carbocycles. The molecule has 3 rings (SSSR count). The second-order valence-electron chi connectivity index (χ2n) is 8.22. The summed E-state index contributed by atoms with van der Waals surface area (Å²) in [6, 6.07) is 20.3. The van der Waals surface area contributed by atoms with Crippen LogP contribution < -0.4 is 10.0 Å². The Morgan fingerprint density at radius 3 is 2.11 bits per heavy atom. The van der Waals surface area contributed by atoms with Crippen LogP contribution in [0.4, 0.5) is 4.39 Å². The first kappa shape index (κ1) is 27.0. The maximum absolute atomic E-state index is 13.5. The first-order chi connectivity index (χ1) is 17.2. The van der Waals surface area contributed by atoms with Crippen LogP contribution in [0.2, 0.25) is 0 Å². The van der Waals surface area contributed by atoms with Gasteiger partial charge in [-0.25, -0.2) is 17.5 Å². The number of likely N-dealkylation sites (N-methyl/N-ethyl adjacent to an activating group) is 1. The summed E-state index contributed by atoms with van der Waals surface area (Å²) in [5, 5.41) is 2.64. The molecule has 0 aliphatic carbocycles. The third-order valence-electron chi connectivity index (χ3n) is 5.70. The summed E-state index contributed by atoms with van der Waals surface area (Å²) in [5.41, 5.74) is 2.13. The monoisotopic (exact) mass is 511 g/mol. The molecule has 0 saturated heterocycles. The second-order valence-corrected chi connectivity index (χ2v) is 9.99. The van der Waals surface area contributed by atoms with E-state index >= 15 is 0 Å². The quantitative estimate of drug-likeness (QED) is 0.411. The van der Waals surface area contributed by atoms with Crippen LogP contribution in [-0.4, -0.2) is 38.7 Å². The van der Waals surface area contributed by atoms with E-state index in [-0.39, 0.29) is 42.0 Å². The fourth-order valence-corrected chi connectivity index (χ4v) is 4.90. The highest BCUT2D eigenvalue weighted by Gasteiger charge is 2.30. The largest absolute Gasteiger partial charge is 0.357 e. The van der Waals surface area contributed by atoms with Gasteiger partial charge in [-0.05, 0) is 47.4 Å². The van der Waals surface area contributed by atoms with Gasteiger partial charge in [0.15, 0.2) is 0 Å². The molecule has 7 nitrogen and oxygen atoms in total. The Morgan fingerprint density at radius 2 is 1.53 bits per heavy atom. The van der Waals surface area contributed by atoms with E-state index < -0.39 is 16.1 Å². The van der Waals surface area contributed by atoms with Crippen LogP contribution in [0.25, 0.3) is 0 Å². The first-order valence-electron chi connectivity index (χ1n) is 11.6. The molecule has 3 aromatic rings. The number of aryl methyl sites for hydroxylation is 1. The molecule has 0 bridgehead atoms. The van der Waals surface area contributed by atoms with Crippen molar-refractivity contribution >= 4 is 21.8 Å². The predicted molar refractivity (Wildman–Crippen MR) is 136 cm³/mol. The lowest BCUT2D eigenvalue weighted by molar-refractivity contribution is -0.141. The summed E-state index contributed by atoms with van der Waals surface area (Å²) in [7, 11) is -2.04. The van der Waals surface area contributed by atoms with Crippen molar-refractivity contribution < 1.29 is 22.4 Å². The number of nitrogens with zero attached hydrogens (tertiary/aromatic N) is 1. The molecule has 0 aromatic heterocycles. The lowest BCUT2D eigenvalue weighted by Gasteiger charge is -2.31.